The third-order valence-electron chi connectivity index (χ3n) is 5.36. The number of halogens is 1. The molecule has 0 unspecified atom stereocenters. The van der Waals surface area contributed by atoms with Gasteiger partial charge in [-0.2, -0.15) is 0 Å². The predicted molar refractivity (Wildman–Crippen MR) is 120 cm³/mol. The molecule has 6 nitrogen and oxygen atoms in total. The molecule has 1 aliphatic heterocycles. The Morgan fingerprint density at radius 1 is 1.10 bits per heavy atom. The number of aryl methyl sites for hydroxylation is 2. The molecule has 162 valence electrons. The van der Waals surface area contributed by atoms with Gasteiger partial charge in [0.15, 0.2) is 0 Å². The lowest BCUT2D eigenvalue weighted by Gasteiger charge is -2.33. The average molecular weight is 495 g/mol. The van der Waals surface area contributed by atoms with Crippen molar-refractivity contribution in [2.24, 2.45) is 0 Å². The van der Waals surface area contributed by atoms with Gasteiger partial charge < -0.3 is 9.64 Å². The summed E-state index contributed by atoms with van der Waals surface area (Å²) in [5, 5.41) is 0. The minimum atomic E-state index is -3.65. The van der Waals surface area contributed by atoms with Gasteiger partial charge in [-0.3, -0.25) is 4.79 Å². The summed E-state index contributed by atoms with van der Waals surface area (Å²) in [6.45, 7) is 5.21. The summed E-state index contributed by atoms with van der Waals surface area (Å²) in [6, 6.07) is 10.8. The number of hydrogen-bond donors (Lipinski definition) is 0. The van der Waals surface area contributed by atoms with Gasteiger partial charge >= 0.3 is 0 Å². The van der Waals surface area contributed by atoms with E-state index in [1.54, 1.807) is 17.0 Å². The van der Waals surface area contributed by atoms with Crippen LogP contribution in [0.2, 0.25) is 0 Å². The van der Waals surface area contributed by atoms with E-state index in [-0.39, 0.29) is 16.9 Å². The summed E-state index contributed by atoms with van der Waals surface area (Å²) in [7, 11) is -0.711. The minimum absolute atomic E-state index is 0.0587. The fraction of sp³-hybridized carbons (Fsp3) is 0.409. The standard InChI is InChI=1S/C22H27BrN2O4S/c1-15-6-5-7-16(2)21(15)29-18-10-12-25(13-11-18)22(26)17-8-9-19(23)20(14-17)30(27,28)24(3)4/h5-9,14,18H,10-13H2,1-4H3. The third kappa shape index (κ3) is 4.71. The summed E-state index contributed by atoms with van der Waals surface area (Å²) < 4.78 is 32.9. The first-order valence-electron chi connectivity index (χ1n) is 9.85. The van der Waals surface area contributed by atoms with Crippen LogP contribution in [0.25, 0.3) is 0 Å². The van der Waals surface area contributed by atoms with Crippen LogP contribution in [-0.4, -0.2) is 56.8 Å². The number of piperidine rings is 1. The summed E-state index contributed by atoms with van der Waals surface area (Å²) in [5.74, 6) is 0.761. The van der Waals surface area contributed by atoms with Gasteiger partial charge in [-0.1, -0.05) is 18.2 Å². The second kappa shape index (κ2) is 9.08. The zero-order chi connectivity index (χ0) is 22.1. The lowest BCUT2D eigenvalue weighted by molar-refractivity contribution is 0.0593. The van der Waals surface area contributed by atoms with Gasteiger partial charge in [-0.05, 0) is 59.1 Å². The van der Waals surface area contributed by atoms with Crippen LogP contribution in [-0.2, 0) is 10.0 Å². The maximum atomic E-state index is 13.0. The number of likely N-dealkylation sites (tertiary alicyclic amines) is 1. The Morgan fingerprint density at radius 2 is 1.70 bits per heavy atom. The van der Waals surface area contributed by atoms with Crippen molar-refractivity contribution in [2.75, 3.05) is 27.2 Å². The lowest BCUT2D eigenvalue weighted by atomic mass is 10.1. The van der Waals surface area contributed by atoms with E-state index >= 15 is 0 Å². The molecule has 0 radical (unpaired) electrons. The number of carbonyl (C=O) groups excluding carboxylic acids is 1. The molecule has 0 spiro atoms. The van der Waals surface area contributed by atoms with E-state index in [0.29, 0.717) is 23.1 Å². The molecule has 2 aromatic rings. The van der Waals surface area contributed by atoms with Crippen LogP contribution in [0, 0.1) is 13.8 Å². The molecule has 0 aromatic heterocycles. The number of carbonyl (C=O) groups is 1. The molecule has 1 amide bonds. The molecule has 1 aliphatic rings. The number of benzene rings is 2. The highest BCUT2D eigenvalue weighted by Gasteiger charge is 2.27. The molecule has 30 heavy (non-hydrogen) atoms. The van der Waals surface area contributed by atoms with E-state index in [2.05, 4.69) is 15.9 Å². The van der Waals surface area contributed by atoms with E-state index in [4.69, 9.17) is 4.74 Å². The first-order valence-corrected chi connectivity index (χ1v) is 12.1. The molecular weight excluding hydrogens is 468 g/mol. The van der Waals surface area contributed by atoms with Crippen LogP contribution in [0.5, 0.6) is 5.75 Å². The number of amides is 1. The van der Waals surface area contributed by atoms with Crippen LogP contribution >= 0.6 is 15.9 Å². The fourth-order valence-electron chi connectivity index (χ4n) is 3.54. The van der Waals surface area contributed by atoms with Crippen molar-refractivity contribution in [1.82, 2.24) is 9.21 Å². The zero-order valence-electron chi connectivity index (χ0n) is 17.7. The Labute approximate surface area is 187 Å². The normalized spacial score (nSPS) is 15.5. The van der Waals surface area contributed by atoms with Gasteiger partial charge in [0.25, 0.3) is 5.91 Å². The molecule has 1 fully saturated rings. The molecule has 2 aromatic carbocycles. The molecular formula is C22H27BrN2O4S. The van der Waals surface area contributed by atoms with E-state index in [0.717, 1.165) is 34.0 Å². The van der Waals surface area contributed by atoms with Crippen LogP contribution in [0.15, 0.2) is 45.8 Å². The third-order valence-corrected chi connectivity index (χ3v) is 8.17. The van der Waals surface area contributed by atoms with Crippen LogP contribution in [0.4, 0.5) is 0 Å². The monoisotopic (exact) mass is 494 g/mol. The minimum Gasteiger partial charge on any atom is -0.490 e. The smallest absolute Gasteiger partial charge is 0.253 e. The number of para-hydroxylation sites is 1. The number of hydrogen-bond acceptors (Lipinski definition) is 4. The summed E-state index contributed by atoms with van der Waals surface area (Å²) in [5.41, 5.74) is 2.59. The molecule has 0 N–H and O–H groups in total. The van der Waals surface area contributed by atoms with Crippen molar-refractivity contribution >= 4 is 31.9 Å². The van der Waals surface area contributed by atoms with E-state index in [1.165, 1.54) is 20.2 Å². The number of nitrogens with zero attached hydrogens (tertiary/aromatic N) is 2. The molecule has 0 saturated carbocycles. The first kappa shape index (κ1) is 22.8. The Morgan fingerprint density at radius 3 is 2.27 bits per heavy atom. The summed E-state index contributed by atoms with van der Waals surface area (Å²) in [6.07, 6.45) is 1.53. The molecule has 8 heteroatoms. The molecule has 1 heterocycles. The topological polar surface area (TPSA) is 66.9 Å². The number of sulfonamides is 1. The van der Waals surface area contributed by atoms with Gasteiger partial charge in [-0.25, -0.2) is 12.7 Å². The van der Waals surface area contributed by atoms with Gasteiger partial charge in [0.2, 0.25) is 10.0 Å². The van der Waals surface area contributed by atoms with E-state index in [1.807, 2.05) is 32.0 Å². The maximum Gasteiger partial charge on any atom is 0.253 e. The lowest BCUT2D eigenvalue weighted by Crippen LogP contribution is -2.42. The predicted octanol–water partition coefficient (Wildman–Crippen LogP) is 4.00. The van der Waals surface area contributed by atoms with Gasteiger partial charge in [0.05, 0.1) is 4.90 Å². The SMILES string of the molecule is Cc1cccc(C)c1OC1CCN(C(=O)c2ccc(Br)c(S(=O)(=O)N(C)C)c2)CC1. The van der Waals surface area contributed by atoms with Gasteiger partial charge in [-0.15, -0.1) is 0 Å². The molecule has 1 saturated heterocycles. The first-order chi connectivity index (χ1) is 14.1. The van der Waals surface area contributed by atoms with Crippen molar-refractivity contribution < 1.29 is 17.9 Å². The molecule has 0 aliphatic carbocycles. The van der Waals surface area contributed by atoms with Crippen molar-refractivity contribution in [1.29, 1.82) is 0 Å². The van der Waals surface area contributed by atoms with Crippen molar-refractivity contribution in [3.63, 3.8) is 0 Å². The highest BCUT2D eigenvalue weighted by molar-refractivity contribution is 9.10. The Hall–Kier alpha value is -1.90. The van der Waals surface area contributed by atoms with E-state index < -0.39 is 10.0 Å². The van der Waals surface area contributed by atoms with Crippen LogP contribution < -0.4 is 4.74 Å². The average Bonchev–Trinajstić information content (AvgIpc) is 2.71. The Bertz CT molecular complexity index is 1020. The van der Waals surface area contributed by atoms with Crippen molar-refractivity contribution in [2.45, 2.75) is 37.7 Å². The molecule has 0 atom stereocenters. The Balaban J connectivity index is 1.70. The Kier molecular flexibility index (Phi) is 6.89. The quantitative estimate of drug-likeness (QED) is 0.629. The van der Waals surface area contributed by atoms with Crippen molar-refractivity contribution in [3.05, 3.63) is 57.6 Å². The van der Waals surface area contributed by atoms with Gasteiger partial charge in [0, 0.05) is 50.1 Å². The van der Waals surface area contributed by atoms with Crippen LogP contribution in [0.1, 0.15) is 34.3 Å². The number of ether oxygens (including phenoxy) is 1. The van der Waals surface area contributed by atoms with E-state index in [9.17, 15) is 13.2 Å². The summed E-state index contributed by atoms with van der Waals surface area (Å²) >= 11 is 3.28. The zero-order valence-corrected chi connectivity index (χ0v) is 20.1. The van der Waals surface area contributed by atoms with Crippen molar-refractivity contribution in [3.8, 4) is 5.75 Å². The second-order valence-electron chi connectivity index (χ2n) is 7.76. The van der Waals surface area contributed by atoms with Crippen LogP contribution in [0.3, 0.4) is 0 Å². The largest absolute Gasteiger partial charge is 0.490 e. The fourth-order valence-corrected chi connectivity index (χ4v) is 5.39. The highest BCUT2D eigenvalue weighted by Crippen LogP contribution is 2.28. The second-order valence-corrected chi connectivity index (χ2v) is 10.7. The highest BCUT2D eigenvalue weighted by atomic mass is 79.9. The molecule has 3 rings (SSSR count). The van der Waals surface area contributed by atoms with Gasteiger partial charge in [0.1, 0.15) is 11.9 Å². The number of rotatable bonds is 5. The maximum absolute atomic E-state index is 13.0. The molecule has 0 bridgehead atoms. The summed E-state index contributed by atoms with van der Waals surface area (Å²) in [4.78, 5) is 14.8.